The van der Waals surface area contributed by atoms with Crippen molar-refractivity contribution in [2.75, 3.05) is 6.54 Å². The topological polar surface area (TPSA) is 49.3 Å². The van der Waals surface area contributed by atoms with E-state index in [1.54, 1.807) is 0 Å². The Kier molecular flexibility index (Phi) is 8.98. The fourth-order valence-electron chi connectivity index (χ4n) is 3.46. The number of hydrogen-bond donors (Lipinski definition) is 2. The molecular formula is C18H35NO2. The maximum atomic E-state index is 12.2. The fourth-order valence-corrected chi connectivity index (χ4v) is 3.46. The Morgan fingerprint density at radius 1 is 1.05 bits per heavy atom. The van der Waals surface area contributed by atoms with Crippen LogP contribution in [0.4, 0.5) is 0 Å². The number of aliphatic hydroxyl groups is 1. The van der Waals surface area contributed by atoms with Crippen LogP contribution in [0.1, 0.15) is 78.6 Å². The molecule has 21 heavy (non-hydrogen) atoms. The molecule has 0 aromatic heterocycles. The summed E-state index contributed by atoms with van der Waals surface area (Å²) in [5.41, 5.74) is 0. The van der Waals surface area contributed by atoms with Crippen molar-refractivity contribution in [3.63, 3.8) is 0 Å². The van der Waals surface area contributed by atoms with Crippen LogP contribution in [-0.4, -0.2) is 23.7 Å². The van der Waals surface area contributed by atoms with Gasteiger partial charge in [0, 0.05) is 12.5 Å². The van der Waals surface area contributed by atoms with E-state index in [1.165, 1.54) is 6.42 Å². The van der Waals surface area contributed by atoms with Crippen LogP contribution < -0.4 is 5.32 Å². The van der Waals surface area contributed by atoms with Gasteiger partial charge >= 0.3 is 0 Å². The molecule has 0 spiro atoms. The zero-order valence-corrected chi connectivity index (χ0v) is 14.2. The van der Waals surface area contributed by atoms with Crippen molar-refractivity contribution in [2.45, 2.75) is 84.7 Å². The van der Waals surface area contributed by atoms with Crippen LogP contribution in [-0.2, 0) is 4.79 Å². The van der Waals surface area contributed by atoms with Gasteiger partial charge < -0.3 is 10.4 Å². The minimum absolute atomic E-state index is 0.167. The third kappa shape index (κ3) is 6.82. The molecule has 1 saturated heterocycles. The summed E-state index contributed by atoms with van der Waals surface area (Å²) in [6.45, 7) is 7.31. The molecule has 4 atom stereocenters. The lowest BCUT2D eigenvalue weighted by molar-refractivity contribution is -0.125. The maximum absolute atomic E-state index is 12.2. The minimum Gasteiger partial charge on any atom is -0.393 e. The average molecular weight is 297 g/mol. The Bertz CT molecular complexity index is 293. The Hall–Kier alpha value is -0.570. The average Bonchev–Trinajstić information content (AvgIpc) is 2.48. The molecule has 1 fully saturated rings. The molecule has 0 aliphatic carbocycles. The second-order valence-corrected chi connectivity index (χ2v) is 6.89. The Morgan fingerprint density at radius 2 is 1.81 bits per heavy atom. The Labute approximate surface area is 130 Å². The van der Waals surface area contributed by atoms with E-state index in [0.717, 1.165) is 57.9 Å². The summed E-state index contributed by atoms with van der Waals surface area (Å²) in [5, 5.41) is 13.4. The molecular weight excluding hydrogens is 262 g/mol. The van der Waals surface area contributed by atoms with E-state index in [-0.39, 0.29) is 17.9 Å². The number of hydrogen-bond acceptors (Lipinski definition) is 2. The van der Waals surface area contributed by atoms with Crippen molar-refractivity contribution < 1.29 is 9.90 Å². The van der Waals surface area contributed by atoms with Gasteiger partial charge in [0.05, 0.1) is 6.10 Å². The van der Waals surface area contributed by atoms with Crippen molar-refractivity contribution in [1.29, 1.82) is 0 Å². The number of amides is 1. The highest BCUT2D eigenvalue weighted by Crippen LogP contribution is 2.24. The van der Waals surface area contributed by atoms with Crippen molar-refractivity contribution in [3.8, 4) is 0 Å². The molecule has 1 amide bonds. The molecule has 3 nitrogen and oxygen atoms in total. The molecule has 1 rings (SSSR count). The van der Waals surface area contributed by atoms with Gasteiger partial charge in [0.15, 0.2) is 0 Å². The largest absolute Gasteiger partial charge is 0.393 e. The van der Waals surface area contributed by atoms with Crippen LogP contribution in [0.15, 0.2) is 0 Å². The van der Waals surface area contributed by atoms with Gasteiger partial charge in [-0.05, 0) is 50.4 Å². The summed E-state index contributed by atoms with van der Waals surface area (Å²) in [4.78, 5) is 12.2. The summed E-state index contributed by atoms with van der Waals surface area (Å²) < 4.78 is 0. The van der Waals surface area contributed by atoms with E-state index in [0.29, 0.717) is 11.8 Å². The lowest BCUT2D eigenvalue weighted by Crippen LogP contribution is -2.32. The fraction of sp³-hybridized carbons (Fsp3) is 0.944. The Morgan fingerprint density at radius 3 is 2.48 bits per heavy atom. The van der Waals surface area contributed by atoms with Crippen LogP contribution in [0, 0.1) is 17.8 Å². The second-order valence-electron chi connectivity index (χ2n) is 6.89. The molecule has 0 aromatic rings. The van der Waals surface area contributed by atoms with Gasteiger partial charge in [0.2, 0.25) is 5.91 Å². The van der Waals surface area contributed by atoms with Gasteiger partial charge in [-0.1, -0.05) is 40.0 Å². The van der Waals surface area contributed by atoms with Gasteiger partial charge in [-0.15, -0.1) is 0 Å². The maximum Gasteiger partial charge on any atom is 0.223 e. The third-order valence-corrected chi connectivity index (χ3v) is 5.19. The first-order valence-corrected chi connectivity index (χ1v) is 9.04. The lowest BCUT2D eigenvalue weighted by Gasteiger charge is -2.24. The molecule has 0 unspecified atom stereocenters. The van der Waals surface area contributed by atoms with Crippen molar-refractivity contribution in [2.24, 2.45) is 17.8 Å². The standard InChI is InChI=1S/C18H35NO2/c1-4-15-10-7-13-19-18(21)16(5-2)9-6-8-14(3)11-12-17(15)20/h14-17,20H,4-13H2,1-3H3,(H,19,21)/t14-,15+,16+,17+/m0/s1. The molecule has 124 valence electrons. The first-order valence-electron chi connectivity index (χ1n) is 9.04. The van der Waals surface area contributed by atoms with E-state index >= 15 is 0 Å². The summed E-state index contributed by atoms with van der Waals surface area (Å²) >= 11 is 0. The van der Waals surface area contributed by atoms with Gasteiger partial charge in [0.25, 0.3) is 0 Å². The highest BCUT2D eigenvalue weighted by atomic mass is 16.3. The molecule has 0 saturated carbocycles. The van der Waals surface area contributed by atoms with Crippen molar-refractivity contribution >= 4 is 5.91 Å². The van der Waals surface area contributed by atoms with E-state index in [4.69, 9.17) is 0 Å². The highest BCUT2D eigenvalue weighted by Gasteiger charge is 2.20. The molecule has 0 radical (unpaired) electrons. The van der Waals surface area contributed by atoms with Gasteiger partial charge in [0.1, 0.15) is 0 Å². The normalized spacial score (nSPS) is 34.0. The Balaban J connectivity index is 2.58. The summed E-state index contributed by atoms with van der Waals surface area (Å²) in [7, 11) is 0. The first-order chi connectivity index (χ1) is 10.1. The van der Waals surface area contributed by atoms with E-state index in [2.05, 4.69) is 26.1 Å². The molecule has 0 aromatic carbocycles. The van der Waals surface area contributed by atoms with Crippen LogP contribution in [0.3, 0.4) is 0 Å². The van der Waals surface area contributed by atoms with Crippen molar-refractivity contribution in [3.05, 3.63) is 0 Å². The molecule has 1 aliphatic rings. The van der Waals surface area contributed by atoms with E-state index in [9.17, 15) is 9.90 Å². The summed E-state index contributed by atoms with van der Waals surface area (Å²) in [5.74, 6) is 1.46. The van der Waals surface area contributed by atoms with Crippen LogP contribution in [0.5, 0.6) is 0 Å². The summed E-state index contributed by atoms with van der Waals surface area (Å²) in [6.07, 6.45) is 9.15. The van der Waals surface area contributed by atoms with Crippen molar-refractivity contribution in [1.82, 2.24) is 5.32 Å². The molecule has 0 bridgehead atoms. The smallest absolute Gasteiger partial charge is 0.223 e. The first kappa shape index (κ1) is 18.5. The van der Waals surface area contributed by atoms with Gasteiger partial charge in [-0.2, -0.15) is 0 Å². The third-order valence-electron chi connectivity index (χ3n) is 5.19. The number of carbonyl (C=O) groups excluding carboxylic acids is 1. The van der Waals surface area contributed by atoms with Crippen LogP contribution in [0.25, 0.3) is 0 Å². The van der Waals surface area contributed by atoms with Gasteiger partial charge in [-0.3, -0.25) is 4.79 Å². The van der Waals surface area contributed by atoms with E-state index in [1.807, 2.05) is 0 Å². The monoisotopic (exact) mass is 297 g/mol. The molecule has 1 aliphatic heterocycles. The SMILES string of the molecule is CC[C@@H]1CCC[C@H](C)CC[C@@H](O)[C@H](CC)CCCNC1=O. The minimum atomic E-state index is -0.167. The van der Waals surface area contributed by atoms with Gasteiger partial charge in [-0.25, -0.2) is 0 Å². The molecule has 1 heterocycles. The number of carbonyl (C=O) groups is 1. The number of aliphatic hydroxyl groups excluding tert-OH is 1. The zero-order chi connectivity index (χ0) is 15.7. The highest BCUT2D eigenvalue weighted by molar-refractivity contribution is 5.78. The second kappa shape index (κ2) is 10.2. The quantitative estimate of drug-likeness (QED) is 0.812. The molecule has 2 N–H and O–H groups in total. The van der Waals surface area contributed by atoms with E-state index < -0.39 is 0 Å². The van der Waals surface area contributed by atoms with Crippen LogP contribution in [0.2, 0.25) is 0 Å². The molecule has 3 heteroatoms. The number of nitrogens with one attached hydrogen (secondary N) is 1. The predicted molar refractivity (Wildman–Crippen MR) is 88.1 cm³/mol. The summed E-state index contributed by atoms with van der Waals surface area (Å²) in [6, 6.07) is 0. The van der Waals surface area contributed by atoms with Crippen LogP contribution >= 0.6 is 0 Å². The lowest BCUT2D eigenvalue weighted by atomic mass is 9.87. The zero-order valence-electron chi connectivity index (χ0n) is 14.2. The number of rotatable bonds is 2. The predicted octanol–water partition coefficient (Wildman–Crippen LogP) is 3.90.